The van der Waals surface area contributed by atoms with Crippen molar-refractivity contribution in [3.63, 3.8) is 0 Å². The third kappa shape index (κ3) is 2.28. The number of hydrogen-bond acceptors (Lipinski definition) is 3. The number of hydrogen-bond donors (Lipinski definition) is 2. The number of carbonyl (C=O) groups is 1. The summed E-state index contributed by atoms with van der Waals surface area (Å²) in [6.07, 6.45) is 2.28. The molecule has 0 radical (unpaired) electrons. The molecule has 27 heavy (non-hydrogen) atoms. The van der Waals surface area contributed by atoms with E-state index in [1.807, 2.05) is 0 Å². The van der Waals surface area contributed by atoms with Gasteiger partial charge in [-0.2, -0.15) is 0 Å². The van der Waals surface area contributed by atoms with Gasteiger partial charge in [0.1, 0.15) is 12.3 Å². The minimum atomic E-state index is -1.08. The van der Waals surface area contributed by atoms with E-state index in [2.05, 4.69) is 43.6 Å². The summed E-state index contributed by atoms with van der Waals surface area (Å²) in [5.74, 6) is 0.821. The quantitative estimate of drug-likeness (QED) is 0.588. The Morgan fingerprint density at radius 2 is 1.89 bits per heavy atom. The van der Waals surface area contributed by atoms with Crippen molar-refractivity contribution in [2.75, 3.05) is 0 Å². The second-order valence-corrected chi connectivity index (χ2v) is 12.0. The molecule has 3 nitrogen and oxygen atoms in total. The molecule has 0 aliphatic heterocycles. The Kier molecular flexibility index (Phi) is 4.51. The highest BCUT2D eigenvalue weighted by molar-refractivity contribution is 9.10. The van der Waals surface area contributed by atoms with E-state index in [1.54, 1.807) is 0 Å². The lowest BCUT2D eigenvalue weighted by atomic mass is 9.43. The molecular formula is C22H34BrFO3. The molecule has 2 N–H and O–H groups in total. The van der Waals surface area contributed by atoms with Crippen molar-refractivity contribution < 1.29 is 19.4 Å². The van der Waals surface area contributed by atoms with Gasteiger partial charge in [-0.15, -0.1) is 0 Å². The molecule has 4 saturated carbocycles. The van der Waals surface area contributed by atoms with Gasteiger partial charge in [-0.3, -0.25) is 4.79 Å². The lowest BCUT2D eigenvalue weighted by Crippen LogP contribution is -2.67. The first-order valence-electron chi connectivity index (χ1n) is 10.7. The van der Waals surface area contributed by atoms with Crippen molar-refractivity contribution in [1.29, 1.82) is 0 Å². The van der Waals surface area contributed by atoms with Gasteiger partial charge in [0.05, 0.1) is 9.93 Å². The van der Waals surface area contributed by atoms with E-state index in [4.69, 9.17) is 0 Å². The van der Waals surface area contributed by atoms with Crippen LogP contribution in [-0.2, 0) is 4.79 Å². The summed E-state index contributed by atoms with van der Waals surface area (Å²) in [4.78, 5) is 12.4. The first-order valence-corrected chi connectivity index (χ1v) is 11.5. The number of alkyl halides is 2. The molecule has 4 fully saturated rings. The average Bonchev–Trinajstić information content (AvgIpc) is 2.80. The number of aliphatic hydroxyl groups is 2. The van der Waals surface area contributed by atoms with Crippen LogP contribution in [-0.4, -0.2) is 38.2 Å². The molecule has 10 atom stereocenters. The Morgan fingerprint density at radius 3 is 2.52 bits per heavy atom. The van der Waals surface area contributed by atoms with E-state index in [0.29, 0.717) is 12.3 Å². The summed E-state index contributed by atoms with van der Waals surface area (Å²) in [6.45, 7) is 8.51. The largest absolute Gasteiger partial charge is 0.389 e. The van der Waals surface area contributed by atoms with Crippen molar-refractivity contribution in [2.45, 2.75) is 94.8 Å². The van der Waals surface area contributed by atoms with E-state index in [1.165, 1.54) is 0 Å². The van der Waals surface area contributed by atoms with Crippen LogP contribution in [0.2, 0.25) is 0 Å². The fourth-order valence-corrected chi connectivity index (χ4v) is 9.12. The van der Waals surface area contributed by atoms with E-state index in [0.717, 1.165) is 25.7 Å². The highest BCUT2D eigenvalue weighted by Crippen LogP contribution is 2.71. The number of rotatable bonds is 1. The van der Waals surface area contributed by atoms with E-state index < -0.39 is 27.6 Å². The predicted octanol–water partition coefficient (Wildman–Crippen LogP) is 4.42. The fourth-order valence-electron chi connectivity index (χ4n) is 8.20. The van der Waals surface area contributed by atoms with E-state index in [-0.39, 0.29) is 41.8 Å². The molecule has 0 saturated heterocycles. The van der Waals surface area contributed by atoms with Crippen molar-refractivity contribution >= 4 is 21.7 Å². The van der Waals surface area contributed by atoms with Gasteiger partial charge in [-0.1, -0.05) is 43.6 Å². The number of halogens is 2. The fraction of sp³-hybridized carbons (Fsp3) is 0.955. The maximum absolute atomic E-state index is 15.6. The molecule has 0 aromatic rings. The van der Waals surface area contributed by atoms with Gasteiger partial charge < -0.3 is 10.2 Å². The second kappa shape index (κ2) is 6.01. The van der Waals surface area contributed by atoms with Gasteiger partial charge in [0.2, 0.25) is 0 Å². The number of fused-ring (bicyclic) bond motifs is 5. The number of Topliss-reactive ketones (excluding diaryl/α,β-unsaturated/α-hetero) is 1. The predicted molar refractivity (Wildman–Crippen MR) is 106 cm³/mol. The normalized spacial score (nSPS) is 60.5. The van der Waals surface area contributed by atoms with E-state index >= 15 is 4.39 Å². The molecule has 5 heteroatoms. The van der Waals surface area contributed by atoms with Gasteiger partial charge >= 0.3 is 0 Å². The molecule has 0 heterocycles. The first kappa shape index (κ1) is 20.3. The van der Waals surface area contributed by atoms with Crippen molar-refractivity contribution in [1.82, 2.24) is 0 Å². The Hall–Kier alpha value is 0. The zero-order valence-electron chi connectivity index (χ0n) is 17.0. The van der Waals surface area contributed by atoms with Crippen LogP contribution in [0.3, 0.4) is 0 Å². The van der Waals surface area contributed by atoms with Crippen LogP contribution in [0.1, 0.15) is 72.6 Å². The summed E-state index contributed by atoms with van der Waals surface area (Å²) in [5, 5.41) is 21.7. The Morgan fingerprint density at radius 1 is 1.22 bits per heavy atom. The minimum absolute atomic E-state index is 0.140. The van der Waals surface area contributed by atoms with Gasteiger partial charge in [0.15, 0.2) is 5.78 Å². The molecule has 0 spiro atoms. The number of ketones is 1. The molecule has 0 amide bonds. The standard InChI is InChI=1S/C22H34BrFO3/c1-5-22(27)12(2)8-15-13-9-18(24)21(23)11-17(26)16(25)10-20(21,4)14(13)6-7-19(15,22)3/h12-15,17-18,26-27H,5-11H2,1-4H3/t12-,13-,14+,15+,17-,18-,19+,20-,21+,22-/m1/s1. The smallest absolute Gasteiger partial charge is 0.161 e. The SMILES string of the molecule is CC[C@@]1(O)[C@H](C)C[C@H]2[C@@H]3C[C@@H](F)[C@@]4(Br)C[C@@H](O)C(=O)C[C@]4(C)[C@H]3CC[C@@]21C. The Balaban J connectivity index is 1.75. The van der Waals surface area contributed by atoms with Crippen LogP contribution in [0.4, 0.5) is 4.39 Å². The molecule has 4 rings (SSSR count). The van der Waals surface area contributed by atoms with Crippen LogP contribution >= 0.6 is 15.9 Å². The summed E-state index contributed by atoms with van der Waals surface area (Å²) >= 11 is 3.72. The first-order chi connectivity index (χ1) is 12.4. The van der Waals surface area contributed by atoms with Crippen LogP contribution in [0.5, 0.6) is 0 Å². The molecule has 154 valence electrons. The van der Waals surface area contributed by atoms with Crippen molar-refractivity contribution in [2.24, 2.45) is 34.5 Å². The minimum Gasteiger partial charge on any atom is -0.389 e. The monoisotopic (exact) mass is 444 g/mol. The van der Waals surface area contributed by atoms with E-state index in [9.17, 15) is 15.0 Å². The third-order valence-electron chi connectivity index (χ3n) is 9.92. The third-order valence-corrected chi connectivity index (χ3v) is 11.7. The molecule has 0 unspecified atom stereocenters. The maximum atomic E-state index is 15.6. The summed E-state index contributed by atoms with van der Waals surface area (Å²) in [7, 11) is 0. The van der Waals surface area contributed by atoms with Gasteiger partial charge in [0.25, 0.3) is 0 Å². The summed E-state index contributed by atoms with van der Waals surface area (Å²) in [5.41, 5.74) is -1.34. The van der Waals surface area contributed by atoms with Crippen molar-refractivity contribution in [3.8, 4) is 0 Å². The van der Waals surface area contributed by atoms with Gasteiger partial charge in [-0.25, -0.2) is 4.39 Å². The summed E-state index contributed by atoms with van der Waals surface area (Å²) in [6, 6.07) is 0. The topological polar surface area (TPSA) is 57.5 Å². The lowest BCUT2D eigenvalue weighted by molar-refractivity contribution is -0.174. The van der Waals surface area contributed by atoms with Crippen molar-refractivity contribution in [3.05, 3.63) is 0 Å². The zero-order chi connectivity index (χ0) is 20.0. The van der Waals surface area contributed by atoms with Crippen LogP contribution in [0.15, 0.2) is 0 Å². The second-order valence-electron chi connectivity index (χ2n) is 10.6. The molecule has 0 aromatic heterocycles. The maximum Gasteiger partial charge on any atom is 0.161 e. The molecule has 0 aromatic carbocycles. The summed E-state index contributed by atoms with van der Waals surface area (Å²) < 4.78 is 14.8. The average molecular weight is 445 g/mol. The van der Waals surface area contributed by atoms with Crippen LogP contribution in [0.25, 0.3) is 0 Å². The van der Waals surface area contributed by atoms with Gasteiger partial charge in [0, 0.05) is 6.42 Å². The zero-order valence-corrected chi connectivity index (χ0v) is 18.6. The number of carbonyl (C=O) groups excluding carboxylic acids is 1. The molecule has 0 bridgehead atoms. The Bertz CT molecular complexity index is 657. The molecule has 4 aliphatic rings. The highest BCUT2D eigenvalue weighted by Gasteiger charge is 2.71. The Labute approximate surface area is 170 Å². The lowest BCUT2D eigenvalue weighted by Gasteiger charge is -2.64. The van der Waals surface area contributed by atoms with Crippen LogP contribution in [0, 0.1) is 34.5 Å². The molecular weight excluding hydrogens is 411 g/mol. The highest BCUT2D eigenvalue weighted by atomic mass is 79.9. The number of aliphatic hydroxyl groups excluding tert-OH is 1. The molecule has 4 aliphatic carbocycles. The van der Waals surface area contributed by atoms with Gasteiger partial charge in [-0.05, 0) is 73.0 Å². The van der Waals surface area contributed by atoms with Crippen LogP contribution < -0.4 is 0 Å².